The van der Waals surface area contributed by atoms with Gasteiger partial charge in [-0.05, 0) is 12.1 Å². The molecule has 22 heavy (non-hydrogen) atoms. The molecular formula is C16H19N3O3. The van der Waals surface area contributed by atoms with E-state index in [2.05, 4.69) is 10.3 Å². The molecular weight excluding hydrogens is 282 g/mol. The molecule has 2 N–H and O–H groups in total. The Morgan fingerprint density at radius 2 is 2.18 bits per heavy atom. The number of rotatable bonds is 4. The predicted octanol–water partition coefficient (Wildman–Crippen LogP) is 1.53. The van der Waals surface area contributed by atoms with Crippen LogP contribution in [0.15, 0.2) is 24.4 Å². The van der Waals surface area contributed by atoms with Crippen molar-refractivity contribution >= 4 is 22.7 Å². The molecule has 1 aromatic heterocycles. The molecule has 1 fully saturated rings. The molecule has 0 radical (unpaired) electrons. The summed E-state index contributed by atoms with van der Waals surface area (Å²) in [6.45, 7) is 2.94. The van der Waals surface area contributed by atoms with Crippen molar-refractivity contribution in [2.45, 2.75) is 19.4 Å². The fraction of sp³-hybridized carbons (Fsp3) is 0.375. The number of nitrogens with one attached hydrogen (secondary N) is 2. The second kappa shape index (κ2) is 5.71. The summed E-state index contributed by atoms with van der Waals surface area (Å²) in [6.07, 6.45) is 2.19. The molecule has 0 unspecified atom stereocenters. The Labute approximate surface area is 128 Å². The number of carbonyl (C=O) groups is 2. The van der Waals surface area contributed by atoms with E-state index in [1.165, 1.54) is 0 Å². The van der Waals surface area contributed by atoms with E-state index in [4.69, 9.17) is 4.74 Å². The minimum atomic E-state index is -0.0154. The van der Waals surface area contributed by atoms with Gasteiger partial charge in [-0.1, -0.05) is 6.92 Å². The van der Waals surface area contributed by atoms with Crippen LogP contribution in [0.5, 0.6) is 5.75 Å². The van der Waals surface area contributed by atoms with Crippen LogP contribution in [0, 0.1) is 0 Å². The molecule has 1 aromatic carbocycles. The Balaban J connectivity index is 1.70. The SMILES string of the molecule is CCC(=O)NC1CN(C(=O)c2c[nH]c3cc(OC)ccc23)C1. The predicted molar refractivity (Wildman–Crippen MR) is 83.0 cm³/mol. The molecule has 1 aliphatic rings. The van der Waals surface area contributed by atoms with Crippen molar-refractivity contribution in [3.05, 3.63) is 30.0 Å². The highest BCUT2D eigenvalue weighted by atomic mass is 16.5. The van der Waals surface area contributed by atoms with Crippen molar-refractivity contribution < 1.29 is 14.3 Å². The highest BCUT2D eigenvalue weighted by molar-refractivity contribution is 6.07. The second-order valence-corrected chi connectivity index (χ2v) is 5.44. The third-order valence-corrected chi connectivity index (χ3v) is 3.97. The van der Waals surface area contributed by atoms with E-state index in [0.717, 1.165) is 16.7 Å². The molecule has 116 valence electrons. The molecule has 6 heteroatoms. The molecule has 2 aromatic rings. The van der Waals surface area contributed by atoms with Crippen molar-refractivity contribution in [3.63, 3.8) is 0 Å². The summed E-state index contributed by atoms with van der Waals surface area (Å²) < 4.78 is 5.18. The second-order valence-electron chi connectivity index (χ2n) is 5.44. The highest BCUT2D eigenvalue weighted by Crippen LogP contribution is 2.25. The van der Waals surface area contributed by atoms with Crippen LogP contribution in [-0.2, 0) is 4.79 Å². The Hall–Kier alpha value is -2.50. The van der Waals surface area contributed by atoms with Crippen molar-refractivity contribution in [3.8, 4) is 5.75 Å². The van der Waals surface area contributed by atoms with Gasteiger partial charge in [-0.25, -0.2) is 0 Å². The van der Waals surface area contributed by atoms with E-state index < -0.39 is 0 Å². The summed E-state index contributed by atoms with van der Waals surface area (Å²) in [5, 5.41) is 3.77. The van der Waals surface area contributed by atoms with E-state index in [1.807, 2.05) is 25.1 Å². The molecule has 0 spiro atoms. The van der Waals surface area contributed by atoms with Gasteiger partial charge in [0.05, 0.1) is 18.7 Å². The first-order chi connectivity index (χ1) is 10.6. The summed E-state index contributed by atoms with van der Waals surface area (Å²) in [7, 11) is 1.61. The molecule has 3 rings (SSSR count). The van der Waals surface area contributed by atoms with Crippen LogP contribution in [0.25, 0.3) is 10.9 Å². The minimum Gasteiger partial charge on any atom is -0.497 e. The maximum absolute atomic E-state index is 12.5. The molecule has 0 atom stereocenters. The lowest BCUT2D eigenvalue weighted by molar-refractivity contribution is -0.122. The van der Waals surface area contributed by atoms with Crippen molar-refractivity contribution in [1.82, 2.24) is 15.2 Å². The van der Waals surface area contributed by atoms with E-state index in [0.29, 0.717) is 25.1 Å². The highest BCUT2D eigenvalue weighted by Gasteiger charge is 2.32. The lowest BCUT2D eigenvalue weighted by atomic mass is 10.1. The number of nitrogens with zero attached hydrogens (tertiary/aromatic N) is 1. The number of aromatic nitrogens is 1. The zero-order chi connectivity index (χ0) is 15.7. The molecule has 1 saturated heterocycles. The average molecular weight is 301 g/mol. The third-order valence-electron chi connectivity index (χ3n) is 3.97. The van der Waals surface area contributed by atoms with E-state index >= 15 is 0 Å². The van der Waals surface area contributed by atoms with Gasteiger partial charge >= 0.3 is 0 Å². The van der Waals surface area contributed by atoms with Crippen molar-refractivity contribution in [1.29, 1.82) is 0 Å². The van der Waals surface area contributed by atoms with Gasteiger partial charge in [0, 0.05) is 42.7 Å². The normalized spacial score (nSPS) is 14.7. The first kappa shape index (κ1) is 14.4. The maximum atomic E-state index is 12.5. The zero-order valence-corrected chi connectivity index (χ0v) is 12.7. The monoisotopic (exact) mass is 301 g/mol. The number of methoxy groups -OCH3 is 1. The number of fused-ring (bicyclic) bond motifs is 1. The van der Waals surface area contributed by atoms with Crippen LogP contribution in [0.2, 0.25) is 0 Å². The number of ether oxygens (including phenoxy) is 1. The van der Waals surface area contributed by atoms with Gasteiger partial charge in [-0.2, -0.15) is 0 Å². The van der Waals surface area contributed by atoms with Crippen LogP contribution >= 0.6 is 0 Å². The van der Waals surface area contributed by atoms with E-state index in [1.54, 1.807) is 18.2 Å². The Bertz CT molecular complexity index is 716. The van der Waals surface area contributed by atoms with Crippen LogP contribution in [0.1, 0.15) is 23.7 Å². The van der Waals surface area contributed by atoms with Crippen molar-refractivity contribution in [2.75, 3.05) is 20.2 Å². The van der Waals surface area contributed by atoms with Crippen LogP contribution < -0.4 is 10.1 Å². The van der Waals surface area contributed by atoms with Crippen LogP contribution in [-0.4, -0.2) is 47.9 Å². The lowest BCUT2D eigenvalue weighted by Crippen LogP contribution is -2.60. The van der Waals surface area contributed by atoms with Crippen molar-refractivity contribution in [2.24, 2.45) is 0 Å². The summed E-state index contributed by atoms with van der Waals surface area (Å²) in [5.41, 5.74) is 1.52. The number of likely N-dealkylation sites (tertiary alicyclic amines) is 1. The number of H-pyrrole nitrogens is 1. The number of carbonyl (C=O) groups excluding carboxylic acids is 2. The third kappa shape index (κ3) is 2.52. The fourth-order valence-electron chi connectivity index (χ4n) is 2.65. The molecule has 2 amide bonds. The van der Waals surface area contributed by atoms with Gasteiger partial charge < -0.3 is 19.9 Å². The number of amides is 2. The van der Waals surface area contributed by atoms with Gasteiger partial charge in [-0.3, -0.25) is 9.59 Å². The molecule has 0 aliphatic carbocycles. The first-order valence-corrected chi connectivity index (χ1v) is 7.36. The number of hydrogen-bond donors (Lipinski definition) is 2. The molecule has 6 nitrogen and oxygen atoms in total. The lowest BCUT2D eigenvalue weighted by Gasteiger charge is -2.39. The number of benzene rings is 1. The number of aromatic amines is 1. The molecule has 1 aliphatic heterocycles. The van der Waals surface area contributed by atoms with Gasteiger partial charge in [0.1, 0.15) is 5.75 Å². The topological polar surface area (TPSA) is 74.4 Å². The summed E-state index contributed by atoms with van der Waals surface area (Å²) in [4.78, 5) is 28.7. The van der Waals surface area contributed by atoms with E-state index in [-0.39, 0.29) is 17.9 Å². The summed E-state index contributed by atoms with van der Waals surface area (Å²) in [6, 6.07) is 5.66. The Morgan fingerprint density at radius 3 is 2.86 bits per heavy atom. The fourth-order valence-corrected chi connectivity index (χ4v) is 2.65. The van der Waals surface area contributed by atoms with E-state index in [9.17, 15) is 9.59 Å². The first-order valence-electron chi connectivity index (χ1n) is 7.36. The molecule has 2 heterocycles. The quantitative estimate of drug-likeness (QED) is 0.899. The summed E-state index contributed by atoms with van der Waals surface area (Å²) in [5.74, 6) is 0.759. The Kier molecular flexibility index (Phi) is 3.75. The van der Waals surface area contributed by atoms with Gasteiger partial charge in [0.15, 0.2) is 0 Å². The van der Waals surface area contributed by atoms with Gasteiger partial charge in [0.2, 0.25) is 5.91 Å². The van der Waals surface area contributed by atoms with Gasteiger partial charge in [0.25, 0.3) is 5.91 Å². The standard InChI is InChI=1S/C16H19N3O3/c1-3-15(20)18-10-8-19(9-10)16(21)13-7-17-14-6-11(22-2)4-5-12(13)14/h4-7,10,17H,3,8-9H2,1-2H3,(H,18,20). The molecule has 0 saturated carbocycles. The summed E-state index contributed by atoms with van der Waals surface area (Å²) >= 11 is 0. The molecule has 0 bridgehead atoms. The minimum absolute atomic E-state index is 0.0154. The Morgan fingerprint density at radius 1 is 1.41 bits per heavy atom. The zero-order valence-electron chi connectivity index (χ0n) is 12.7. The number of hydrogen-bond acceptors (Lipinski definition) is 3. The van der Waals surface area contributed by atoms with Crippen LogP contribution in [0.4, 0.5) is 0 Å². The smallest absolute Gasteiger partial charge is 0.256 e. The van der Waals surface area contributed by atoms with Gasteiger partial charge in [-0.15, -0.1) is 0 Å². The maximum Gasteiger partial charge on any atom is 0.256 e. The average Bonchev–Trinajstić information content (AvgIpc) is 2.92. The van der Waals surface area contributed by atoms with Crippen LogP contribution in [0.3, 0.4) is 0 Å². The largest absolute Gasteiger partial charge is 0.497 e.